The van der Waals surface area contributed by atoms with Crippen LogP contribution in [0, 0.1) is 5.82 Å². The third-order valence-electron chi connectivity index (χ3n) is 4.56. The lowest BCUT2D eigenvalue weighted by Gasteiger charge is -2.29. The number of amides is 1. The Labute approximate surface area is 152 Å². The quantitative estimate of drug-likeness (QED) is 0.891. The molecule has 2 aromatic rings. The van der Waals surface area contributed by atoms with Gasteiger partial charge in [-0.3, -0.25) is 4.79 Å². The molecule has 3 rings (SSSR count). The number of fused-ring (bicyclic) bond motifs is 1. The molecule has 0 aliphatic carbocycles. The maximum atomic E-state index is 13.0. The summed E-state index contributed by atoms with van der Waals surface area (Å²) < 4.78 is 41.1. The van der Waals surface area contributed by atoms with E-state index in [2.05, 4.69) is 4.72 Å². The molecule has 1 N–H and O–H groups in total. The lowest BCUT2D eigenvalue weighted by Crippen LogP contribution is -2.34. The molecule has 1 atom stereocenters. The van der Waals surface area contributed by atoms with Crippen molar-refractivity contribution in [1.82, 2.24) is 4.72 Å². The van der Waals surface area contributed by atoms with Crippen molar-refractivity contribution in [2.75, 3.05) is 11.4 Å². The van der Waals surface area contributed by atoms with Crippen LogP contribution in [0.2, 0.25) is 0 Å². The smallest absolute Gasteiger partial charge is 0.241 e. The Bertz CT molecular complexity index is 926. The van der Waals surface area contributed by atoms with Gasteiger partial charge in [-0.05, 0) is 61.2 Å². The molecule has 0 saturated carbocycles. The Morgan fingerprint density at radius 2 is 1.88 bits per heavy atom. The van der Waals surface area contributed by atoms with E-state index in [0.717, 1.165) is 24.1 Å². The minimum Gasteiger partial charge on any atom is -0.312 e. The third-order valence-corrected chi connectivity index (χ3v) is 6.10. The minimum absolute atomic E-state index is 0.0513. The zero-order chi connectivity index (χ0) is 18.9. The van der Waals surface area contributed by atoms with Gasteiger partial charge in [-0.2, -0.15) is 0 Å². The van der Waals surface area contributed by atoms with E-state index in [4.69, 9.17) is 0 Å². The second-order valence-corrected chi connectivity index (χ2v) is 8.17. The highest BCUT2D eigenvalue weighted by atomic mass is 32.2. The van der Waals surface area contributed by atoms with Gasteiger partial charge in [0.1, 0.15) is 5.82 Å². The summed E-state index contributed by atoms with van der Waals surface area (Å²) in [5.41, 5.74) is 2.30. The lowest BCUT2D eigenvalue weighted by atomic mass is 10.0. The molecular formula is C19H21FN2O3S. The number of anilines is 1. The first kappa shape index (κ1) is 18.5. The molecule has 26 heavy (non-hydrogen) atoms. The molecule has 0 unspecified atom stereocenters. The van der Waals surface area contributed by atoms with Gasteiger partial charge in [0.15, 0.2) is 0 Å². The van der Waals surface area contributed by atoms with Crippen LogP contribution in [-0.4, -0.2) is 20.9 Å². The fraction of sp³-hybridized carbons (Fsp3) is 0.316. The van der Waals surface area contributed by atoms with Gasteiger partial charge >= 0.3 is 0 Å². The number of rotatable bonds is 4. The van der Waals surface area contributed by atoms with Crippen molar-refractivity contribution in [3.05, 3.63) is 59.4 Å². The predicted octanol–water partition coefficient (Wildman–Crippen LogP) is 3.16. The summed E-state index contributed by atoms with van der Waals surface area (Å²) in [6.07, 6.45) is 1.53. The van der Waals surface area contributed by atoms with Gasteiger partial charge < -0.3 is 4.90 Å². The van der Waals surface area contributed by atoms with E-state index in [-0.39, 0.29) is 16.6 Å². The van der Waals surface area contributed by atoms with Gasteiger partial charge in [0.2, 0.25) is 15.9 Å². The molecule has 2 aromatic carbocycles. The van der Waals surface area contributed by atoms with E-state index in [0.29, 0.717) is 12.1 Å². The first-order valence-electron chi connectivity index (χ1n) is 8.47. The number of sulfonamides is 1. The Kier molecular flexibility index (Phi) is 5.11. The summed E-state index contributed by atoms with van der Waals surface area (Å²) in [7, 11) is -3.74. The molecule has 1 aliphatic heterocycles. The maximum absolute atomic E-state index is 13.0. The average Bonchev–Trinajstić information content (AvgIpc) is 2.60. The van der Waals surface area contributed by atoms with Gasteiger partial charge in [0.05, 0.1) is 4.90 Å². The molecule has 0 spiro atoms. The first-order valence-corrected chi connectivity index (χ1v) is 9.95. The van der Waals surface area contributed by atoms with E-state index in [1.165, 1.54) is 25.1 Å². The van der Waals surface area contributed by atoms with Crippen molar-refractivity contribution in [3.63, 3.8) is 0 Å². The molecule has 1 aliphatic rings. The van der Waals surface area contributed by atoms with Crippen molar-refractivity contribution in [1.29, 1.82) is 0 Å². The Morgan fingerprint density at radius 1 is 1.19 bits per heavy atom. The van der Waals surface area contributed by atoms with Crippen LogP contribution in [0.25, 0.3) is 0 Å². The van der Waals surface area contributed by atoms with Crippen LogP contribution in [0.15, 0.2) is 47.4 Å². The third kappa shape index (κ3) is 3.78. The molecule has 1 heterocycles. The number of aryl methyl sites for hydroxylation is 1. The highest BCUT2D eigenvalue weighted by Gasteiger charge is 2.24. The minimum atomic E-state index is -3.74. The second-order valence-electron chi connectivity index (χ2n) is 6.46. The number of benzene rings is 2. The van der Waals surface area contributed by atoms with Gasteiger partial charge in [-0.1, -0.05) is 12.1 Å². The SMILES string of the molecule is CC(=O)N1CCCc2cc(S(=O)(=O)N[C@H](C)c3ccc(F)cc3)ccc21. The van der Waals surface area contributed by atoms with E-state index in [1.807, 2.05) is 0 Å². The average molecular weight is 376 g/mol. The number of carbonyl (C=O) groups excluding carboxylic acids is 1. The van der Waals surface area contributed by atoms with E-state index < -0.39 is 16.1 Å². The summed E-state index contributed by atoms with van der Waals surface area (Å²) in [5.74, 6) is -0.418. The highest BCUT2D eigenvalue weighted by molar-refractivity contribution is 7.89. The summed E-state index contributed by atoms with van der Waals surface area (Å²) in [6.45, 7) is 3.86. The number of halogens is 1. The maximum Gasteiger partial charge on any atom is 0.241 e. The van der Waals surface area contributed by atoms with Crippen LogP contribution in [0.4, 0.5) is 10.1 Å². The molecule has 5 nitrogen and oxygen atoms in total. The molecule has 0 radical (unpaired) electrons. The Balaban J connectivity index is 1.85. The summed E-state index contributed by atoms with van der Waals surface area (Å²) >= 11 is 0. The van der Waals surface area contributed by atoms with Crippen molar-refractivity contribution in [3.8, 4) is 0 Å². The van der Waals surface area contributed by atoms with Crippen LogP contribution >= 0.6 is 0 Å². The molecule has 7 heteroatoms. The van der Waals surface area contributed by atoms with Gasteiger partial charge in [-0.25, -0.2) is 17.5 Å². The second kappa shape index (κ2) is 7.17. The van der Waals surface area contributed by atoms with Crippen LogP contribution < -0.4 is 9.62 Å². The number of nitrogens with one attached hydrogen (secondary N) is 1. The van der Waals surface area contributed by atoms with E-state index in [1.54, 1.807) is 36.1 Å². The van der Waals surface area contributed by atoms with Gasteiger partial charge in [0, 0.05) is 25.2 Å². The fourth-order valence-electron chi connectivity index (χ4n) is 3.19. The summed E-state index contributed by atoms with van der Waals surface area (Å²) in [6, 6.07) is 10.0. The topological polar surface area (TPSA) is 66.5 Å². The number of nitrogens with zero attached hydrogens (tertiary/aromatic N) is 1. The zero-order valence-corrected chi connectivity index (χ0v) is 15.5. The van der Waals surface area contributed by atoms with Gasteiger partial charge in [-0.15, -0.1) is 0 Å². The first-order chi connectivity index (χ1) is 12.3. The monoisotopic (exact) mass is 376 g/mol. The van der Waals surface area contributed by atoms with Crippen molar-refractivity contribution < 1.29 is 17.6 Å². The van der Waals surface area contributed by atoms with Crippen LogP contribution in [0.1, 0.15) is 37.4 Å². The molecule has 0 bridgehead atoms. The Morgan fingerprint density at radius 3 is 2.54 bits per heavy atom. The van der Waals surface area contributed by atoms with E-state index >= 15 is 0 Å². The molecule has 0 saturated heterocycles. The van der Waals surface area contributed by atoms with Crippen molar-refractivity contribution >= 4 is 21.6 Å². The molecule has 0 fully saturated rings. The summed E-state index contributed by atoms with van der Waals surface area (Å²) in [5, 5.41) is 0. The summed E-state index contributed by atoms with van der Waals surface area (Å²) in [4.78, 5) is 13.6. The zero-order valence-electron chi connectivity index (χ0n) is 14.7. The number of hydrogen-bond donors (Lipinski definition) is 1. The number of hydrogen-bond acceptors (Lipinski definition) is 3. The van der Waals surface area contributed by atoms with Crippen LogP contribution in [-0.2, 0) is 21.2 Å². The van der Waals surface area contributed by atoms with Crippen LogP contribution in [0.3, 0.4) is 0 Å². The van der Waals surface area contributed by atoms with Gasteiger partial charge in [0.25, 0.3) is 0 Å². The standard InChI is InChI=1S/C19H21FN2O3S/c1-13(15-5-7-17(20)8-6-15)21-26(24,25)18-9-10-19-16(12-18)4-3-11-22(19)14(2)23/h5-10,12-13,21H,3-4,11H2,1-2H3/t13-/m1/s1. The predicted molar refractivity (Wildman–Crippen MR) is 97.9 cm³/mol. The molecule has 1 amide bonds. The molecular weight excluding hydrogens is 355 g/mol. The number of carbonyl (C=O) groups is 1. The lowest BCUT2D eigenvalue weighted by molar-refractivity contribution is -0.116. The van der Waals surface area contributed by atoms with Crippen molar-refractivity contribution in [2.45, 2.75) is 37.6 Å². The highest BCUT2D eigenvalue weighted by Crippen LogP contribution is 2.30. The largest absolute Gasteiger partial charge is 0.312 e. The Hall–Kier alpha value is -2.25. The normalized spacial score (nSPS) is 15.4. The van der Waals surface area contributed by atoms with E-state index in [9.17, 15) is 17.6 Å². The van der Waals surface area contributed by atoms with Crippen molar-refractivity contribution in [2.24, 2.45) is 0 Å². The van der Waals surface area contributed by atoms with Crippen LogP contribution in [0.5, 0.6) is 0 Å². The molecule has 0 aromatic heterocycles. The fourth-order valence-corrected chi connectivity index (χ4v) is 4.47. The molecule has 138 valence electrons.